The Kier molecular flexibility index (Phi) is 15.1. The van der Waals surface area contributed by atoms with Crippen LogP contribution < -0.4 is 26.6 Å². The molecule has 7 heterocycles. The van der Waals surface area contributed by atoms with Gasteiger partial charge in [0, 0.05) is 76.1 Å². The molecule has 19 nitrogen and oxygen atoms in total. The van der Waals surface area contributed by atoms with E-state index >= 15 is 0 Å². The number of fused-ring (bicyclic) bond motifs is 1. The minimum absolute atomic E-state index is 0.137. The summed E-state index contributed by atoms with van der Waals surface area (Å²) < 4.78 is 25.0. The van der Waals surface area contributed by atoms with E-state index in [0.717, 1.165) is 116 Å². The van der Waals surface area contributed by atoms with Crippen molar-refractivity contribution in [3.8, 4) is 0 Å². The third-order valence-electron chi connectivity index (χ3n) is 18.6. The first-order chi connectivity index (χ1) is 33.6. The second-order valence-corrected chi connectivity index (χ2v) is 25.9. The number of carbonyl (C=O) groups excluding carboxylic acids is 7. The highest BCUT2D eigenvalue weighted by Gasteiger charge is 2.59. The van der Waals surface area contributed by atoms with Crippen LogP contribution in [0, 0.1) is 46.8 Å². The largest absolute Gasteiger partial charge is 0.347 e. The summed E-state index contributed by atoms with van der Waals surface area (Å²) in [6.07, 6.45) is 15.2. The lowest BCUT2D eigenvalue weighted by Crippen LogP contribution is -2.56. The van der Waals surface area contributed by atoms with Gasteiger partial charge in [-0.1, -0.05) is 12.8 Å². The zero-order valence-corrected chi connectivity index (χ0v) is 42.6. The molecular weight excluding hydrogens is 937 g/mol. The molecule has 7 saturated heterocycles. The predicted octanol–water partition coefficient (Wildman–Crippen LogP) is 0.259. The van der Waals surface area contributed by atoms with Crippen LogP contribution in [0.1, 0.15) is 103 Å². The maximum atomic E-state index is 14.4. The normalized spacial score (nSPS) is 37.0. The smallest absolute Gasteiger partial charge is 0.249 e. The molecule has 70 heavy (non-hydrogen) atoms. The minimum atomic E-state index is -3.34. The van der Waals surface area contributed by atoms with Gasteiger partial charge in [0.05, 0.1) is 36.0 Å². The maximum absolute atomic E-state index is 14.4. The van der Waals surface area contributed by atoms with E-state index in [1.165, 1.54) is 28.5 Å². The summed E-state index contributed by atoms with van der Waals surface area (Å²) in [5, 5.41) is 15.6. The summed E-state index contributed by atoms with van der Waals surface area (Å²) in [6.45, 7) is 7.65. The van der Waals surface area contributed by atoms with E-state index in [9.17, 15) is 42.0 Å². The van der Waals surface area contributed by atoms with Crippen LogP contribution >= 0.6 is 11.8 Å². The molecule has 0 bridgehead atoms. The zero-order valence-electron chi connectivity index (χ0n) is 41.0. The number of imide groups is 2. The molecule has 0 spiro atoms. The Hall–Kier alpha value is -3.21. The molecular formula is C49H76N10O9S2. The molecule has 3 saturated carbocycles. The van der Waals surface area contributed by atoms with Gasteiger partial charge in [0.1, 0.15) is 11.5 Å². The molecule has 0 aromatic heterocycles. The van der Waals surface area contributed by atoms with Crippen molar-refractivity contribution in [2.45, 2.75) is 132 Å². The number of piperidine rings is 3. The SMILES string of the molecule is CS(=O)(=O)N1CCC(C(=O)NCC(=O)NC2NC(C3CCCC(C4CCNC(C5(C(=O)N6CCN(CC7CCN(C8CCC9C(=O)N(C%10CCC(=O)NC%10=O)C(=O)C9C8)CC7)CC6)CC5)C4)C3)CS2)C1. The maximum Gasteiger partial charge on any atom is 0.249 e. The van der Waals surface area contributed by atoms with Gasteiger partial charge in [-0.05, 0) is 127 Å². The Morgan fingerprint density at radius 3 is 2.27 bits per heavy atom. The van der Waals surface area contributed by atoms with Gasteiger partial charge < -0.3 is 25.8 Å². The van der Waals surface area contributed by atoms with Gasteiger partial charge in [-0.25, -0.2) is 12.7 Å². The van der Waals surface area contributed by atoms with E-state index < -0.39 is 27.9 Å². The van der Waals surface area contributed by atoms with Crippen LogP contribution in [0.2, 0.25) is 0 Å². The summed E-state index contributed by atoms with van der Waals surface area (Å²) in [4.78, 5) is 99.5. The van der Waals surface area contributed by atoms with Crippen molar-refractivity contribution in [2.75, 3.05) is 84.0 Å². The van der Waals surface area contributed by atoms with E-state index in [4.69, 9.17) is 0 Å². The summed E-state index contributed by atoms with van der Waals surface area (Å²) in [5.74, 6) is 0.503. The quantitative estimate of drug-likeness (QED) is 0.156. The molecule has 0 aromatic rings. The van der Waals surface area contributed by atoms with Gasteiger partial charge in [0.15, 0.2) is 0 Å². The molecule has 388 valence electrons. The number of rotatable bonds is 13. The third-order valence-corrected chi connectivity index (χ3v) is 21.0. The Labute approximate surface area is 417 Å². The Morgan fingerprint density at radius 2 is 1.54 bits per heavy atom. The van der Waals surface area contributed by atoms with E-state index in [1.54, 1.807) is 11.8 Å². The van der Waals surface area contributed by atoms with E-state index in [1.807, 2.05) is 0 Å². The summed E-state index contributed by atoms with van der Waals surface area (Å²) in [7, 11) is -3.34. The molecule has 10 fully saturated rings. The number of nitrogens with one attached hydrogen (secondary N) is 5. The Bertz CT molecular complexity index is 2150. The molecule has 21 heteroatoms. The number of piperazine rings is 1. The van der Waals surface area contributed by atoms with Crippen LogP contribution in [-0.2, 0) is 43.6 Å². The second-order valence-electron chi connectivity index (χ2n) is 22.8. The second kappa shape index (κ2) is 21.0. The molecule has 5 N–H and O–H groups in total. The van der Waals surface area contributed by atoms with E-state index in [2.05, 4.69) is 41.3 Å². The van der Waals surface area contributed by atoms with Crippen molar-refractivity contribution >= 4 is 63.1 Å². The Balaban J connectivity index is 0.628. The fraction of sp³-hybridized carbons (Fsp3) is 0.857. The van der Waals surface area contributed by atoms with Crippen LogP contribution in [0.25, 0.3) is 0 Å². The van der Waals surface area contributed by atoms with Gasteiger partial charge in [0.2, 0.25) is 51.4 Å². The highest BCUT2D eigenvalue weighted by molar-refractivity contribution is 8.00. The van der Waals surface area contributed by atoms with E-state index in [-0.39, 0.29) is 90.3 Å². The van der Waals surface area contributed by atoms with E-state index in [0.29, 0.717) is 61.4 Å². The molecule has 10 rings (SSSR count). The van der Waals surface area contributed by atoms with Crippen LogP contribution in [0.3, 0.4) is 0 Å². The first-order valence-electron chi connectivity index (χ1n) is 26.7. The van der Waals surface area contributed by atoms with Gasteiger partial charge in [-0.3, -0.25) is 54.0 Å². The molecule has 11 atom stereocenters. The number of nitrogens with zero attached hydrogens (tertiary/aromatic N) is 5. The average molecular weight is 1010 g/mol. The van der Waals surface area contributed by atoms with Crippen molar-refractivity contribution in [1.82, 2.24) is 50.5 Å². The average Bonchev–Trinajstić information content (AvgIpc) is 3.63. The van der Waals surface area contributed by atoms with Gasteiger partial charge in [-0.2, -0.15) is 0 Å². The summed E-state index contributed by atoms with van der Waals surface area (Å²) >= 11 is 1.70. The molecule has 0 radical (unpaired) electrons. The number of carbonyl (C=O) groups is 7. The standard InChI is InChI=1S/C49H76N10O9S2/c1-70(67,68)58-18-12-34(28-58)43(62)51-26-42(61)54-48-52-38(29-69-48)33-4-2-3-31(23-33)32-9-15-50-40(24-32)49(13-14-49)47(66)57-21-19-55(20-22-57)27-30-10-16-56(17-11-30)35-5-6-36-37(25-35)46(65)59(45(36)64)39-7-8-41(60)53-44(39)63/h30-40,48,50,52H,2-29H2,1H3,(H,51,62)(H,54,61)(H,53,60,63). The number of hydrogen-bond acceptors (Lipinski definition) is 14. The third kappa shape index (κ3) is 10.7. The minimum Gasteiger partial charge on any atom is -0.347 e. The first kappa shape index (κ1) is 50.3. The van der Waals surface area contributed by atoms with Crippen molar-refractivity contribution in [1.29, 1.82) is 0 Å². The molecule has 11 unspecified atom stereocenters. The molecule has 7 aliphatic heterocycles. The molecule has 10 aliphatic rings. The highest BCUT2D eigenvalue weighted by atomic mass is 32.2. The summed E-state index contributed by atoms with van der Waals surface area (Å²) in [5.41, 5.74) is -0.489. The van der Waals surface area contributed by atoms with Gasteiger partial charge >= 0.3 is 0 Å². The topological polar surface area (TPSA) is 230 Å². The van der Waals surface area contributed by atoms with Crippen LogP contribution in [0.15, 0.2) is 0 Å². The number of amides is 7. The van der Waals surface area contributed by atoms with Crippen molar-refractivity contribution < 1.29 is 42.0 Å². The zero-order chi connectivity index (χ0) is 48.9. The number of thioether (sulfide) groups is 1. The highest BCUT2D eigenvalue weighted by Crippen LogP contribution is 2.54. The lowest BCUT2D eigenvalue weighted by atomic mass is 9.68. The summed E-state index contributed by atoms with van der Waals surface area (Å²) in [6, 6.07) is -0.0939. The molecule has 3 aliphatic carbocycles. The van der Waals surface area contributed by atoms with Crippen molar-refractivity contribution in [2.24, 2.45) is 46.8 Å². The van der Waals surface area contributed by atoms with Gasteiger partial charge in [-0.15, -0.1) is 11.8 Å². The Morgan fingerprint density at radius 1 is 0.800 bits per heavy atom. The van der Waals surface area contributed by atoms with Crippen LogP contribution in [-0.4, -0.2) is 187 Å². The van der Waals surface area contributed by atoms with Crippen molar-refractivity contribution in [3.63, 3.8) is 0 Å². The van der Waals surface area contributed by atoms with Crippen LogP contribution in [0.5, 0.6) is 0 Å². The fourth-order valence-electron chi connectivity index (χ4n) is 14.4. The number of likely N-dealkylation sites (tertiary alicyclic amines) is 2. The fourth-order valence-corrected chi connectivity index (χ4v) is 16.5. The van der Waals surface area contributed by atoms with Crippen molar-refractivity contribution in [3.05, 3.63) is 0 Å². The lowest BCUT2D eigenvalue weighted by Gasteiger charge is -2.44. The lowest BCUT2D eigenvalue weighted by molar-refractivity contribution is -0.151. The first-order valence-corrected chi connectivity index (χ1v) is 29.6. The molecule has 7 amide bonds. The van der Waals surface area contributed by atoms with Gasteiger partial charge in [0.25, 0.3) is 0 Å². The monoisotopic (exact) mass is 1010 g/mol. The predicted molar refractivity (Wildman–Crippen MR) is 260 cm³/mol. The number of sulfonamides is 1. The molecule has 0 aromatic carbocycles. The number of hydrogen-bond donors (Lipinski definition) is 5. The van der Waals surface area contributed by atoms with Crippen LogP contribution in [0.4, 0.5) is 0 Å².